The zero-order valence-corrected chi connectivity index (χ0v) is 46.6. The minimum atomic E-state index is 1.03. The van der Waals surface area contributed by atoms with Crippen LogP contribution >= 0.6 is 0 Å². The maximum Gasteiger partial charge on any atom is -0.00205 e. The van der Waals surface area contributed by atoms with Crippen molar-refractivity contribution in [2.24, 2.45) is 0 Å². The first-order valence-electron chi connectivity index (χ1n) is 26.8. The van der Waals surface area contributed by atoms with Crippen molar-refractivity contribution in [3.63, 3.8) is 0 Å². The van der Waals surface area contributed by atoms with Crippen molar-refractivity contribution in [1.82, 2.24) is 0 Å². The Labute approximate surface area is 452 Å². The monoisotopic (exact) mass is 981 g/mol. The van der Waals surface area contributed by atoms with E-state index < -0.39 is 0 Å². The molecule has 0 N–H and O–H groups in total. The topological polar surface area (TPSA) is 0 Å². The molecule has 0 aliphatic heterocycles. The molecular formula is C75H80. The van der Waals surface area contributed by atoms with E-state index in [2.05, 4.69) is 312 Å². The molecule has 10 aromatic rings. The van der Waals surface area contributed by atoms with Gasteiger partial charge in [-0.3, -0.25) is 0 Å². The molecular weight excluding hydrogens is 901 g/mol. The van der Waals surface area contributed by atoms with Gasteiger partial charge >= 0.3 is 0 Å². The molecule has 75 heavy (non-hydrogen) atoms. The summed E-state index contributed by atoms with van der Waals surface area (Å²) in [5.74, 6) is 0. The highest BCUT2D eigenvalue weighted by molar-refractivity contribution is 5.37. The van der Waals surface area contributed by atoms with E-state index in [0.717, 1.165) is 32.1 Å². The lowest BCUT2D eigenvalue weighted by atomic mass is 9.98. The van der Waals surface area contributed by atoms with Crippen molar-refractivity contribution in [3.05, 3.63) is 354 Å². The van der Waals surface area contributed by atoms with Gasteiger partial charge in [-0.05, 0) is 174 Å². The summed E-state index contributed by atoms with van der Waals surface area (Å²) in [7, 11) is 0. The molecule has 0 radical (unpaired) electrons. The molecule has 0 amide bonds. The summed E-state index contributed by atoms with van der Waals surface area (Å²) in [6.07, 6.45) is 5.16. The normalized spacial score (nSPS) is 10.3. The number of benzene rings is 10. The van der Waals surface area contributed by atoms with Gasteiger partial charge in [0.1, 0.15) is 0 Å². The molecule has 0 aromatic heterocycles. The Morgan fingerprint density at radius 1 is 0.173 bits per heavy atom. The quantitative estimate of drug-likeness (QED) is 0.128. The molecule has 0 aliphatic rings. The van der Waals surface area contributed by atoms with E-state index >= 15 is 0 Å². The van der Waals surface area contributed by atoms with Gasteiger partial charge < -0.3 is 0 Å². The van der Waals surface area contributed by atoms with Crippen LogP contribution in [0.2, 0.25) is 0 Å². The molecule has 0 fully saturated rings. The van der Waals surface area contributed by atoms with Crippen molar-refractivity contribution in [2.75, 3.05) is 0 Å². The summed E-state index contributed by atoms with van der Waals surface area (Å²) in [6.45, 7) is 21.4. The summed E-state index contributed by atoms with van der Waals surface area (Å²) >= 11 is 0. The Morgan fingerprint density at radius 2 is 0.413 bits per heavy atom. The third kappa shape index (κ3) is 20.6. The molecule has 0 heterocycles. The van der Waals surface area contributed by atoms with Crippen LogP contribution in [0, 0.1) is 69.2 Å². The number of rotatable bonds is 10. The average molecular weight is 981 g/mol. The largest absolute Gasteiger partial charge is 0.0620 e. The van der Waals surface area contributed by atoms with E-state index in [9.17, 15) is 0 Å². The molecule has 0 nitrogen and oxygen atoms in total. The van der Waals surface area contributed by atoms with Crippen molar-refractivity contribution in [1.29, 1.82) is 0 Å². The van der Waals surface area contributed by atoms with Crippen LogP contribution in [0.4, 0.5) is 0 Å². The van der Waals surface area contributed by atoms with Crippen LogP contribution in [0.5, 0.6) is 0 Å². The highest BCUT2D eigenvalue weighted by atomic mass is 14.1. The fourth-order valence-corrected chi connectivity index (χ4v) is 8.85. The first-order chi connectivity index (χ1) is 36.2. The predicted molar refractivity (Wildman–Crippen MR) is 326 cm³/mol. The third-order valence-corrected chi connectivity index (χ3v) is 13.5. The SMILES string of the molecule is Cc1ccc(Cc2ccc(C)cc2)cc1.Cc1ccc(Cc2cccc(C)c2)cc1.Cc1ccc(Cc2ccccc2C)cc1.Cc1cccc(Cc2cccc(C)c2)c1.Cc1ccccc1Cc1ccccc1C. The number of hydrogen-bond donors (Lipinski definition) is 0. The second-order valence-electron chi connectivity index (χ2n) is 20.6. The van der Waals surface area contributed by atoms with Gasteiger partial charge in [0.05, 0.1) is 0 Å². The van der Waals surface area contributed by atoms with Gasteiger partial charge in [-0.1, -0.05) is 282 Å². The molecule has 0 saturated heterocycles. The van der Waals surface area contributed by atoms with Crippen molar-refractivity contribution < 1.29 is 0 Å². The van der Waals surface area contributed by atoms with Gasteiger partial charge in [-0.25, -0.2) is 0 Å². The van der Waals surface area contributed by atoms with Crippen LogP contribution in [0.1, 0.15) is 111 Å². The standard InChI is InChI=1S/5C15H16/c1-12-3-7-14(8-4-12)11-15-9-5-13(2)6-10-15;1-12-5-3-7-14(9-12)11-15-8-4-6-13(2)10-15;1-12-7-3-5-9-14(12)11-15-10-6-4-8-13(15)2;1-12-6-8-14(9-7-12)11-15-5-3-4-13(2)10-15;1-12-7-9-14(10-8-12)11-15-6-4-3-5-13(15)2/h5*3-10H,11H2,1-2H3. The fraction of sp³-hybridized carbons (Fsp3) is 0.200. The van der Waals surface area contributed by atoms with Crippen molar-refractivity contribution in [3.8, 4) is 0 Å². The first kappa shape index (κ1) is 56.5. The smallest absolute Gasteiger partial charge is 0.00205 e. The predicted octanol–water partition coefficient (Wildman–Crippen LogP) is 19.5. The van der Waals surface area contributed by atoms with Gasteiger partial charge in [-0.15, -0.1) is 0 Å². The van der Waals surface area contributed by atoms with E-state index in [-0.39, 0.29) is 0 Å². The third-order valence-electron chi connectivity index (χ3n) is 13.5. The number of hydrogen-bond acceptors (Lipinski definition) is 0. The summed E-state index contributed by atoms with van der Waals surface area (Å²) in [5, 5.41) is 0. The van der Waals surface area contributed by atoms with Gasteiger partial charge in [0, 0.05) is 0 Å². The molecule has 0 aliphatic carbocycles. The maximum atomic E-state index is 2.25. The molecule has 0 spiro atoms. The zero-order valence-electron chi connectivity index (χ0n) is 46.6. The molecule has 0 bridgehead atoms. The van der Waals surface area contributed by atoms with E-state index in [1.807, 2.05) is 0 Å². The van der Waals surface area contributed by atoms with E-state index in [4.69, 9.17) is 0 Å². The Bertz CT molecular complexity index is 3110. The van der Waals surface area contributed by atoms with Crippen LogP contribution in [-0.4, -0.2) is 0 Å². The van der Waals surface area contributed by atoms with Crippen molar-refractivity contribution in [2.45, 2.75) is 101 Å². The molecule has 0 heteroatoms. The minimum absolute atomic E-state index is 1.03. The molecule has 0 atom stereocenters. The van der Waals surface area contributed by atoms with Crippen LogP contribution < -0.4 is 0 Å². The fourth-order valence-electron chi connectivity index (χ4n) is 8.85. The summed E-state index contributed by atoms with van der Waals surface area (Å²) < 4.78 is 0. The second kappa shape index (κ2) is 29.8. The van der Waals surface area contributed by atoms with Crippen molar-refractivity contribution >= 4 is 0 Å². The lowest BCUT2D eigenvalue weighted by molar-refractivity contribution is 1.13. The Morgan fingerprint density at radius 3 is 0.693 bits per heavy atom. The highest BCUT2D eigenvalue weighted by Crippen LogP contribution is 2.18. The molecule has 10 aromatic carbocycles. The molecule has 0 unspecified atom stereocenters. The Hall–Kier alpha value is -7.80. The minimum Gasteiger partial charge on any atom is -0.0620 e. The van der Waals surface area contributed by atoms with Crippen LogP contribution in [0.15, 0.2) is 243 Å². The molecule has 10 rings (SSSR count). The Kier molecular flexibility index (Phi) is 22.4. The van der Waals surface area contributed by atoms with Crippen LogP contribution in [-0.2, 0) is 32.1 Å². The lowest BCUT2D eigenvalue weighted by Crippen LogP contribution is -1.93. The van der Waals surface area contributed by atoms with E-state index in [0.29, 0.717) is 0 Å². The first-order valence-corrected chi connectivity index (χ1v) is 26.8. The maximum absolute atomic E-state index is 2.25. The lowest BCUT2D eigenvalue weighted by Gasteiger charge is -2.07. The van der Waals surface area contributed by atoms with E-state index in [1.165, 1.54) is 111 Å². The Balaban J connectivity index is 0.000000152. The number of aryl methyl sites for hydroxylation is 10. The van der Waals surface area contributed by atoms with Gasteiger partial charge in [0.25, 0.3) is 0 Å². The van der Waals surface area contributed by atoms with Crippen LogP contribution in [0.25, 0.3) is 0 Å². The molecule has 380 valence electrons. The van der Waals surface area contributed by atoms with Gasteiger partial charge in [-0.2, -0.15) is 0 Å². The van der Waals surface area contributed by atoms with Crippen LogP contribution in [0.3, 0.4) is 0 Å². The van der Waals surface area contributed by atoms with Gasteiger partial charge in [0.15, 0.2) is 0 Å². The molecule has 0 saturated carbocycles. The highest BCUT2D eigenvalue weighted by Gasteiger charge is 2.03. The van der Waals surface area contributed by atoms with E-state index in [1.54, 1.807) is 0 Å². The zero-order chi connectivity index (χ0) is 53.4. The summed E-state index contributed by atoms with van der Waals surface area (Å²) in [4.78, 5) is 0. The summed E-state index contributed by atoms with van der Waals surface area (Å²) in [6, 6.07) is 86.9. The summed E-state index contributed by atoms with van der Waals surface area (Å²) in [5.41, 5.74) is 27.4. The average Bonchev–Trinajstić information content (AvgIpc) is 3.40. The van der Waals surface area contributed by atoms with Gasteiger partial charge in [0.2, 0.25) is 0 Å². The second-order valence-corrected chi connectivity index (χ2v) is 20.6.